The van der Waals surface area contributed by atoms with Crippen molar-refractivity contribution in [3.8, 4) is 0 Å². The third-order valence-electron chi connectivity index (χ3n) is 2.63. The molecule has 16 heavy (non-hydrogen) atoms. The number of hydrogen-bond donors (Lipinski definition) is 3. The Balaban J connectivity index is 2.51. The Kier molecular flexibility index (Phi) is 3.88. The molecule has 2 atom stereocenters. The van der Waals surface area contributed by atoms with Gasteiger partial charge in [0.15, 0.2) is 0 Å². The average Bonchev–Trinajstić information content (AvgIpc) is 2.64. The topological polar surface area (TPSA) is 102 Å². The van der Waals surface area contributed by atoms with Gasteiger partial charge in [-0.05, 0) is 26.7 Å². The van der Waals surface area contributed by atoms with Crippen LogP contribution in [0.5, 0.6) is 0 Å². The molecule has 4 N–H and O–H groups in total. The smallest absolute Gasteiger partial charge is 0.328 e. The van der Waals surface area contributed by atoms with Gasteiger partial charge in [-0.1, -0.05) is 0 Å². The lowest BCUT2D eigenvalue weighted by Gasteiger charge is -2.23. The first-order valence-corrected chi connectivity index (χ1v) is 5.27. The molecule has 6 nitrogen and oxygen atoms in total. The number of aliphatic carboxylic acids is 1. The van der Waals surface area contributed by atoms with Crippen LogP contribution >= 0.6 is 0 Å². The van der Waals surface area contributed by atoms with E-state index in [1.807, 2.05) is 0 Å². The Morgan fingerprint density at radius 2 is 2.12 bits per heavy atom. The number of rotatable bonds is 4. The lowest BCUT2D eigenvalue weighted by Crippen LogP contribution is -2.52. The number of carboxylic acids is 1. The monoisotopic (exact) mass is 230 g/mol. The largest absolute Gasteiger partial charge is 0.480 e. The molecule has 0 saturated carbocycles. The van der Waals surface area contributed by atoms with Gasteiger partial charge in [0.1, 0.15) is 11.6 Å². The van der Waals surface area contributed by atoms with Gasteiger partial charge in [-0.15, -0.1) is 0 Å². The highest BCUT2D eigenvalue weighted by atomic mass is 16.5. The Morgan fingerprint density at radius 1 is 1.50 bits per heavy atom. The van der Waals surface area contributed by atoms with Crippen LogP contribution in [-0.4, -0.2) is 41.3 Å². The summed E-state index contributed by atoms with van der Waals surface area (Å²) in [7, 11) is 0. The average molecular weight is 230 g/mol. The van der Waals surface area contributed by atoms with E-state index in [-0.39, 0.29) is 12.0 Å². The third kappa shape index (κ3) is 2.93. The predicted molar refractivity (Wildman–Crippen MR) is 56.8 cm³/mol. The minimum Gasteiger partial charge on any atom is -0.480 e. The summed E-state index contributed by atoms with van der Waals surface area (Å²) in [6, 6.07) is 0. The molecule has 1 aliphatic rings. The summed E-state index contributed by atoms with van der Waals surface area (Å²) in [5, 5.41) is 11.3. The van der Waals surface area contributed by atoms with E-state index in [2.05, 4.69) is 5.32 Å². The molecule has 92 valence electrons. The highest BCUT2D eigenvalue weighted by molar-refractivity contribution is 5.88. The van der Waals surface area contributed by atoms with Gasteiger partial charge in [0.25, 0.3) is 0 Å². The maximum Gasteiger partial charge on any atom is 0.328 e. The fourth-order valence-electron chi connectivity index (χ4n) is 1.51. The van der Waals surface area contributed by atoms with E-state index in [9.17, 15) is 9.59 Å². The minimum absolute atomic E-state index is 0.0938. The van der Waals surface area contributed by atoms with E-state index in [0.29, 0.717) is 13.0 Å². The van der Waals surface area contributed by atoms with E-state index >= 15 is 0 Å². The summed E-state index contributed by atoms with van der Waals surface area (Å²) in [4.78, 5) is 22.5. The van der Waals surface area contributed by atoms with E-state index in [1.165, 1.54) is 13.8 Å². The zero-order valence-corrected chi connectivity index (χ0v) is 9.53. The maximum absolute atomic E-state index is 11.7. The van der Waals surface area contributed by atoms with Gasteiger partial charge in [0, 0.05) is 6.54 Å². The van der Waals surface area contributed by atoms with Crippen molar-refractivity contribution in [3.63, 3.8) is 0 Å². The number of carbonyl (C=O) groups excluding carboxylic acids is 1. The lowest BCUT2D eigenvalue weighted by molar-refractivity contribution is -0.148. The van der Waals surface area contributed by atoms with Gasteiger partial charge in [-0.3, -0.25) is 4.79 Å². The SMILES string of the molecule is CC(C)(NC(=O)C1CCC(CN)O1)C(=O)O. The van der Waals surface area contributed by atoms with Crippen LogP contribution in [-0.2, 0) is 14.3 Å². The maximum atomic E-state index is 11.7. The van der Waals surface area contributed by atoms with Gasteiger partial charge in [-0.25, -0.2) is 4.79 Å². The Morgan fingerprint density at radius 3 is 2.56 bits per heavy atom. The van der Waals surface area contributed by atoms with Gasteiger partial charge in [-0.2, -0.15) is 0 Å². The van der Waals surface area contributed by atoms with Crippen LogP contribution in [0.2, 0.25) is 0 Å². The summed E-state index contributed by atoms with van der Waals surface area (Å²) in [6.07, 6.45) is 0.654. The third-order valence-corrected chi connectivity index (χ3v) is 2.63. The second-order valence-corrected chi connectivity index (χ2v) is 4.48. The highest BCUT2D eigenvalue weighted by Crippen LogP contribution is 2.19. The molecule has 0 aromatic rings. The molecule has 0 spiro atoms. The van der Waals surface area contributed by atoms with Crippen LogP contribution in [0.15, 0.2) is 0 Å². The van der Waals surface area contributed by atoms with E-state index < -0.39 is 17.6 Å². The normalized spacial score (nSPS) is 25.4. The van der Waals surface area contributed by atoms with E-state index in [1.54, 1.807) is 0 Å². The molecule has 1 amide bonds. The van der Waals surface area contributed by atoms with Crippen LogP contribution in [0, 0.1) is 0 Å². The summed E-state index contributed by atoms with van der Waals surface area (Å²) >= 11 is 0. The van der Waals surface area contributed by atoms with Crippen LogP contribution < -0.4 is 11.1 Å². The number of carbonyl (C=O) groups is 2. The number of hydrogen-bond acceptors (Lipinski definition) is 4. The molecular formula is C10H18N2O4. The molecule has 0 aromatic heterocycles. The summed E-state index contributed by atoms with van der Waals surface area (Å²) in [5.41, 5.74) is 4.14. The second-order valence-electron chi connectivity index (χ2n) is 4.48. The number of nitrogens with one attached hydrogen (secondary N) is 1. The quantitative estimate of drug-likeness (QED) is 0.602. The molecular weight excluding hydrogens is 212 g/mol. The molecule has 1 saturated heterocycles. The molecule has 0 radical (unpaired) electrons. The van der Waals surface area contributed by atoms with Crippen molar-refractivity contribution in [2.24, 2.45) is 5.73 Å². The molecule has 1 aliphatic heterocycles. The van der Waals surface area contributed by atoms with Crippen LogP contribution in [0.1, 0.15) is 26.7 Å². The number of ether oxygens (including phenoxy) is 1. The van der Waals surface area contributed by atoms with Crippen molar-refractivity contribution >= 4 is 11.9 Å². The van der Waals surface area contributed by atoms with Gasteiger partial charge >= 0.3 is 5.97 Å². The van der Waals surface area contributed by atoms with Crippen LogP contribution in [0.3, 0.4) is 0 Å². The van der Waals surface area contributed by atoms with Crippen molar-refractivity contribution in [1.82, 2.24) is 5.32 Å². The van der Waals surface area contributed by atoms with Gasteiger partial charge in [0.2, 0.25) is 5.91 Å². The Hall–Kier alpha value is -1.14. The van der Waals surface area contributed by atoms with E-state index in [4.69, 9.17) is 15.6 Å². The van der Waals surface area contributed by atoms with Crippen LogP contribution in [0.4, 0.5) is 0 Å². The lowest BCUT2D eigenvalue weighted by atomic mass is 10.1. The van der Waals surface area contributed by atoms with Crippen molar-refractivity contribution < 1.29 is 19.4 Å². The number of amides is 1. The second kappa shape index (κ2) is 4.80. The number of nitrogens with two attached hydrogens (primary N) is 1. The van der Waals surface area contributed by atoms with Gasteiger partial charge in [0.05, 0.1) is 6.10 Å². The first-order chi connectivity index (χ1) is 7.36. The van der Waals surface area contributed by atoms with Crippen molar-refractivity contribution in [3.05, 3.63) is 0 Å². The van der Waals surface area contributed by atoms with Gasteiger partial charge < -0.3 is 20.9 Å². The summed E-state index contributed by atoms with van der Waals surface area (Å²) < 4.78 is 5.37. The Bertz CT molecular complexity index is 291. The molecule has 6 heteroatoms. The minimum atomic E-state index is -1.28. The molecule has 0 aliphatic carbocycles. The summed E-state index contributed by atoms with van der Waals surface area (Å²) in [6.45, 7) is 3.25. The van der Waals surface area contributed by atoms with Crippen molar-refractivity contribution in [1.29, 1.82) is 0 Å². The molecule has 0 aromatic carbocycles. The molecule has 2 unspecified atom stereocenters. The Labute approximate surface area is 94.1 Å². The fraction of sp³-hybridized carbons (Fsp3) is 0.800. The zero-order chi connectivity index (χ0) is 12.3. The van der Waals surface area contributed by atoms with Crippen molar-refractivity contribution in [2.75, 3.05) is 6.54 Å². The molecule has 1 rings (SSSR count). The zero-order valence-electron chi connectivity index (χ0n) is 9.53. The van der Waals surface area contributed by atoms with Crippen molar-refractivity contribution in [2.45, 2.75) is 44.4 Å². The molecule has 1 fully saturated rings. The first kappa shape index (κ1) is 12.9. The first-order valence-electron chi connectivity index (χ1n) is 5.27. The predicted octanol–water partition coefficient (Wildman–Crippen LogP) is -0.528. The van der Waals surface area contributed by atoms with E-state index in [0.717, 1.165) is 6.42 Å². The standard InChI is InChI=1S/C10H18N2O4/c1-10(2,9(14)15)12-8(13)7-4-3-6(5-11)16-7/h6-7H,3-5,11H2,1-2H3,(H,12,13)(H,14,15). The highest BCUT2D eigenvalue weighted by Gasteiger charge is 2.35. The molecule has 0 bridgehead atoms. The fourth-order valence-corrected chi connectivity index (χ4v) is 1.51. The summed E-state index contributed by atoms with van der Waals surface area (Å²) in [5.74, 6) is -1.46. The number of carboxylic acid groups (broad SMARTS) is 1. The van der Waals surface area contributed by atoms with Crippen LogP contribution in [0.25, 0.3) is 0 Å². The molecule has 1 heterocycles.